The molecule has 6 nitrogen and oxygen atoms in total. The molecule has 6 heteroatoms. The summed E-state index contributed by atoms with van der Waals surface area (Å²) >= 11 is 0. The van der Waals surface area contributed by atoms with Gasteiger partial charge in [0.25, 0.3) is 5.91 Å². The van der Waals surface area contributed by atoms with Crippen LogP contribution in [0.4, 0.5) is 5.69 Å². The fraction of sp³-hybridized carbons (Fsp3) is 0.391. The fourth-order valence-electron chi connectivity index (χ4n) is 3.53. The zero-order valence-corrected chi connectivity index (χ0v) is 17.2. The number of amides is 2. The highest BCUT2D eigenvalue weighted by atomic mass is 16.5. The molecule has 0 aliphatic carbocycles. The number of rotatable bonds is 8. The molecule has 0 spiro atoms. The number of nitrogens with one attached hydrogen (secondary N) is 1. The van der Waals surface area contributed by atoms with Crippen LogP contribution < -0.4 is 10.1 Å². The molecule has 1 aliphatic rings. The van der Waals surface area contributed by atoms with Crippen LogP contribution in [0.25, 0.3) is 0 Å². The van der Waals surface area contributed by atoms with E-state index in [1.165, 1.54) is 0 Å². The highest BCUT2D eigenvalue weighted by molar-refractivity contribution is 5.94. The van der Waals surface area contributed by atoms with Crippen LogP contribution in [0.15, 0.2) is 48.5 Å². The number of benzene rings is 2. The lowest BCUT2D eigenvalue weighted by Gasteiger charge is -2.21. The van der Waals surface area contributed by atoms with Crippen molar-refractivity contribution in [1.29, 1.82) is 0 Å². The molecule has 1 fully saturated rings. The number of anilines is 1. The Bertz CT molecular complexity index is 830. The Morgan fingerprint density at radius 3 is 2.41 bits per heavy atom. The quantitative estimate of drug-likeness (QED) is 0.744. The van der Waals surface area contributed by atoms with Gasteiger partial charge in [-0.25, -0.2) is 0 Å². The maximum Gasteiger partial charge on any atom is 0.253 e. The van der Waals surface area contributed by atoms with Gasteiger partial charge in [0.05, 0.1) is 19.3 Å². The Morgan fingerprint density at radius 2 is 1.76 bits per heavy atom. The van der Waals surface area contributed by atoms with Crippen molar-refractivity contribution in [1.82, 2.24) is 9.80 Å². The lowest BCUT2D eigenvalue weighted by atomic mass is 10.1. The Morgan fingerprint density at radius 1 is 1.07 bits per heavy atom. The highest BCUT2D eigenvalue weighted by Gasteiger charge is 2.19. The number of ether oxygens (including phenoxy) is 1. The molecular weight excluding hydrogens is 366 g/mol. The molecule has 1 saturated heterocycles. The Kier molecular flexibility index (Phi) is 7.25. The summed E-state index contributed by atoms with van der Waals surface area (Å²) in [5, 5.41) is 2.91. The minimum atomic E-state index is -0.0859. The monoisotopic (exact) mass is 395 g/mol. The summed E-state index contributed by atoms with van der Waals surface area (Å²) in [5.74, 6) is 0.664. The second kappa shape index (κ2) is 10.1. The maximum atomic E-state index is 12.5. The summed E-state index contributed by atoms with van der Waals surface area (Å²) < 4.78 is 5.28. The summed E-state index contributed by atoms with van der Waals surface area (Å²) in [6.45, 7) is 5.41. The zero-order chi connectivity index (χ0) is 20.6. The minimum Gasteiger partial charge on any atom is -0.495 e. The number of para-hydroxylation sites is 2. The average molecular weight is 396 g/mol. The van der Waals surface area contributed by atoms with Gasteiger partial charge in [0.2, 0.25) is 5.91 Å². The molecule has 2 amide bonds. The van der Waals surface area contributed by atoms with Crippen molar-refractivity contribution in [3.05, 3.63) is 59.7 Å². The summed E-state index contributed by atoms with van der Waals surface area (Å²) in [7, 11) is 1.58. The predicted molar refractivity (Wildman–Crippen MR) is 114 cm³/mol. The normalized spacial score (nSPS) is 13.6. The van der Waals surface area contributed by atoms with Gasteiger partial charge in [-0.2, -0.15) is 0 Å². The number of likely N-dealkylation sites (N-methyl/N-ethyl adjacent to an activating group) is 1. The minimum absolute atomic E-state index is 0.0859. The number of carbonyl (C=O) groups is 2. The zero-order valence-electron chi connectivity index (χ0n) is 17.2. The van der Waals surface area contributed by atoms with Gasteiger partial charge in [0, 0.05) is 25.2 Å². The van der Waals surface area contributed by atoms with Gasteiger partial charge in [-0.3, -0.25) is 14.5 Å². The van der Waals surface area contributed by atoms with E-state index in [1.54, 1.807) is 7.11 Å². The molecule has 29 heavy (non-hydrogen) atoms. The van der Waals surface area contributed by atoms with Crippen LogP contribution in [0.1, 0.15) is 35.7 Å². The van der Waals surface area contributed by atoms with Crippen molar-refractivity contribution < 1.29 is 14.3 Å². The molecule has 0 unspecified atom stereocenters. The molecule has 2 aromatic carbocycles. The molecule has 2 aromatic rings. The summed E-state index contributed by atoms with van der Waals surface area (Å²) in [6.07, 6.45) is 2.18. The topological polar surface area (TPSA) is 61.9 Å². The van der Waals surface area contributed by atoms with Crippen molar-refractivity contribution in [2.24, 2.45) is 0 Å². The second-order valence-electron chi connectivity index (χ2n) is 7.25. The number of nitrogens with zero attached hydrogens (tertiary/aromatic N) is 2. The van der Waals surface area contributed by atoms with E-state index < -0.39 is 0 Å². The van der Waals surface area contributed by atoms with E-state index in [2.05, 4.69) is 10.2 Å². The first-order valence-corrected chi connectivity index (χ1v) is 10.1. The average Bonchev–Trinajstić information content (AvgIpc) is 3.28. The smallest absolute Gasteiger partial charge is 0.253 e. The largest absolute Gasteiger partial charge is 0.495 e. The van der Waals surface area contributed by atoms with E-state index in [0.717, 1.165) is 43.6 Å². The van der Waals surface area contributed by atoms with Crippen LogP contribution in [-0.4, -0.2) is 54.9 Å². The van der Waals surface area contributed by atoms with Crippen LogP contribution in [0.3, 0.4) is 0 Å². The molecule has 1 heterocycles. The number of likely N-dealkylation sites (tertiary alicyclic amines) is 1. The van der Waals surface area contributed by atoms with Gasteiger partial charge >= 0.3 is 0 Å². The van der Waals surface area contributed by atoms with Gasteiger partial charge in [-0.05, 0) is 49.2 Å². The number of methoxy groups -OCH3 is 1. The number of carbonyl (C=O) groups excluding carboxylic acids is 2. The third kappa shape index (κ3) is 5.57. The first-order chi connectivity index (χ1) is 14.1. The van der Waals surface area contributed by atoms with Crippen LogP contribution in [0.2, 0.25) is 0 Å². The molecule has 1 N–H and O–H groups in total. The molecule has 3 rings (SSSR count). The third-order valence-electron chi connectivity index (χ3n) is 5.20. The maximum absolute atomic E-state index is 12.5. The van der Waals surface area contributed by atoms with Crippen LogP contribution in [-0.2, 0) is 11.3 Å². The van der Waals surface area contributed by atoms with Crippen LogP contribution >= 0.6 is 0 Å². The predicted octanol–water partition coefficient (Wildman–Crippen LogP) is 3.39. The summed E-state index contributed by atoms with van der Waals surface area (Å²) in [6, 6.07) is 15.1. The first-order valence-electron chi connectivity index (χ1n) is 10.1. The van der Waals surface area contributed by atoms with E-state index in [4.69, 9.17) is 4.74 Å². The van der Waals surface area contributed by atoms with Crippen molar-refractivity contribution in [2.45, 2.75) is 26.3 Å². The standard InChI is InChI=1S/C23H29N3O3/c1-3-25(17-22(27)24-20-8-4-5-9-21(20)29-2)16-18-10-12-19(13-11-18)23(28)26-14-6-7-15-26/h4-5,8-13H,3,6-7,14-17H2,1-2H3,(H,24,27). The van der Waals surface area contributed by atoms with E-state index >= 15 is 0 Å². The molecule has 0 atom stereocenters. The van der Waals surface area contributed by atoms with E-state index in [1.807, 2.05) is 60.4 Å². The summed E-state index contributed by atoms with van der Waals surface area (Å²) in [5.41, 5.74) is 2.48. The van der Waals surface area contributed by atoms with Crippen LogP contribution in [0.5, 0.6) is 5.75 Å². The Labute approximate surface area is 172 Å². The van der Waals surface area contributed by atoms with E-state index in [0.29, 0.717) is 18.0 Å². The van der Waals surface area contributed by atoms with Crippen molar-refractivity contribution in [2.75, 3.05) is 38.6 Å². The molecule has 0 aromatic heterocycles. The van der Waals surface area contributed by atoms with E-state index in [9.17, 15) is 9.59 Å². The molecule has 0 radical (unpaired) electrons. The number of hydrogen-bond acceptors (Lipinski definition) is 4. The van der Waals surface area contributed by atoms with Gasteiger partial charge in [-0.1, -0.05) is 31.2 Å². The van der Waals surface area contributed by atoms with Gasteiger partial charge in [0.15, 0.2) is 0 Å². The Balaban J connectivity index is 1.56. The van der Waals surface area contributed by atoms with Crippen LogP contribution in [0, 0.1) is 0 Å². The molecular formula is C23H29N3O3. The fourth-order valence-corrected chi connectivity index (χ4v) is 3.53. The molecule has 0 saturated carbocycles. The lowest BCUT2D eigenvalue weighted by molar-refractivity contribution is -0.117. The highest BCUT2D eigenvalue weighted by Crippen LogP contribution is 2.23. The number of hydrogen-bond donors (Lipinski definition) is 1. The summed E-state index contributed by atoms with van der Waals surface area (Å²) in [4.78, 5) is 28.9. The molecule has 1 aliphatic heterocycles. The molecule has 154 valence electrons. The van der Waals surface area contributed by atoms with E-state index in [-0.39, 0.29) is 18.4 Å². The van der Waals surface area contributed by atoms with Crippen molar-refractivity contribution >= 4 is 17.5 Å². The second-order valence-corrected chi connectivity index (χ2v) is 7.25. The van der Waals surface area contributed by atoms with Gasteiger partial charge in [-0.15, -0.1) is 0 Å². The SMILES string of the molecule is CCN(CC(=O)Nc1ccccc1OC)Cc1ccc(C(=O)N2CCCC2)cc1. The third-order valence-corrected chi connectivity index (χ3v) is 5.20. The Hall–Kier alpha value is -2.86. The van der Waals surface area contributed by atoms with Gasteiger partial charge < -0.3 is 15.0 Å². The first kappa shape index (κ1) is 20.9. The lowest BCUT2D eigenvalue weighted by Crippen LogP contribution is -2.33. The van der Waals surface area contributed by atoms with Gasteiger partial charge in [0.1, 0.15) is 5.75 Å². The van der Waals surface area contributed by atoms with Crippen molar-refractivity contribution in [3.8, 4) is 5.75 Å². The van der Waals surface area contributed by atoms with Crippen molar-refractivity contribution in [3.63, 3.8) is 0 Å². The molecule has 0 bridgehead atoms.